The van der Waals surface area contributed by atoms with Gasteiger partial charge in [-0.3, -0.25) is 19.5 Å². The van der Waals surface area contributed by atoms with E-state index in [1.807, 2.05) is 41.1 Å². The second kappa shape index (κ2) is 10.0. The number of benzene rings is 1. The lowest BCUT2D eigenvalue weighted by atomic mass is 10.1. The average molecular weight is 397 g/mol. The molecular formula is C22H27N3O4. The third-order valence-corrected chi connectivity index (χ3v) is 5.20. The number of ether oxygens (including phenoxy) is 1. The van der Waals surface area contributed by atoms with E-state index in [-0.39, 0.29) is 18.5 Å². The second-order valence-electron chi connectivity index (χ2n) is 7.36. The zero-order valence-electron chi connectivity index (χ0n) is 16.7. The normalized spacial score (nSPS) is 17.0. The molecular weight excluding hydrogens is 370 g/mol. The molecule has 7 nitrogen and oxygen atoms in total. The van der Waals surface area contributed by atoms with Gasteiger partial charge in [-0.25, -0.2) is 0 Å². The fraction of sp³-hybridized carbons (Fsp3) is 0.409. The fourth-order valence-corrected chi connectivity index (χ4v) is 3.62. The lowest BCUT2D eigenvalue weighted by molar-refractivity contribution is -0.138. The summed E-state index contributed by atoms with van der Waals surface area (Å²) < 4.78 is 5.81. The highest BCUT2D eigenvalue weighted by atomic mass is 16.5. The van der Waals surface area contributed by atoms with Crippen LogP contribution in [0.25, 0.3) is 0 Å². The summed E-state index contributed by atoms with van der Waals surface area (Å²) in [5, 5.41) is 8.99. The van der Waals surface area contributed by atoms with E-state index < -0.39 is 5.97 Å². The largest absolute Gasteiger partial charge is 0.489 e. The van der Waals surface area contributed by atoms with E-state index in [1.54, 1.807) is 24.5 Å². The molecule has 1 atom stereocenters. The molecule has 0 spiro atoms. The Kier molecular flexibility index (Phi) is 7.19. The fourth-order valence-electron chi connectivity index (χ4n) is 3.62. The van der Waals surface area contributed by atoms with E-state index in [2.05, 4.69) is 4.98 Å². The van der Waals surface area contributed by atoms with E-state index in [4.69, 9.17) is 9.84 Å². The van der Waals surface area contributed by atoms with Crippen molar-refractivity contribution >= 4 is 11.9 Å². The first-order valence-electron chi connectivity index (χ1n) is 9.86. The number of carbonyl (C=O) groups is 2. The summed E-state index contributed by atoms with van der Waals surface area (Å²) in [5.74, 6) is -0.195. The predicted molar refractivity (Wildman–Crippen MR) is 109 cm³/mol. The van der Waals surface area contributed by atoms with Crippen molar-refractivity contribution in [2.75, 3.05) is 26.7 Å². The zero-order chi connectivity index (χ0) is 20.6. The van der Waals surface area contributed by atoms with Gasteiger partial charge in [0, 0.05) is 42.7 Å². The molecule has 0 bridgehead atoms. The van der Waals surface area contributed by atoms with Crippen molar-refractivity contribution in [2.45, 2.75) is 31.9 Å². The topological polar surface area (TPSA) is 83.0 Å². The Hall–Kier alpha value is -2.93. The molecule has 29 heavy (non-hydrogen) atoms. The van der Waals surface area contributed by atoms with Crippen LogP contribution in [0.4, 0.5) is 0 Å². The van der Waals surface area contributed by atoms with E-state index in [9.17, 15) is 9.59 Å². The zero-order valence-corrected chi connectivity index (χ0v) is 16.7. The van der Waals surface area contributed by atoms with Crippen molar-refractivity contribution in [1.29, 1.82) is 0 Å². The van der Waals surface area contributed by atoms with Gasteiger partial charge >= 0.3 is 5.97 Å². The second-order valence-corrected chi connectivity index (χ2v) is 7.36. The molecule has 1 aromatic carbocycles. The number of carbonyl (C=O) groups excluding carboxylic acids is 1. The first kappa shape index (κ1) is 20.8. The van der Waals surface area contributed by atoms with E-state index in [0.29, 0.717) is 31.0 Å². The van der Waals surface area contributed by atoms with Crippen molar-refractivity contribution in [3.8, 4) is 5.75 Å². The number of nitrogens with zero attached hydrogens (tertiary/aromatic N) is 3. The van der Waals surface area contributed by atoms with Crippen molar-refractivity contribution < 1.29 is 19.4 Å². The van der Waals surface area contributed by atoms with E-state index >= 15 is 0 Å². The van der Waals surface area contributed by atoms with Crippen LogP contribution in [0, 0.1) is 0 Å². The van der Waals surface area contributed by atoms with Crippen molar-refractivity contribution in [3.05, 3.63) is 59.9 Å². The molecule has 7 heteroatoms. The van der Waals surface area contributed by atoms with Crippen LogP contribution in [0.1, 0.15) is 35.2 Å². The van der Waals surface area contributed by atoms with Crippen LogP contribution in [-0.2, 0) is 11.4 Å². The van der Waals surface area contributed by atoms with Crippen molar-refractivity contribution in [3.63, 3.8) is 0 Å². The summed E-state index contributed by atoms with van der Waals surface area (Å²) in [5.41, 5.74) is 1.57. The molecule has 1 aliphatic heterocycles. The maximum absolute atomic E-state index is 13.0. The van der Waals surface area contributed by atoms with Crippen LogP contribution in [0.5, 0.6) is 5.75 Å². The number of amides is 1. The SMILES string of the molecule is CN(CC(=O)O)C1CCCN(C(=O)c2cccc(OCc3cccnc3)c2)CC1. The molecule has 0 saturated carbocycles. The maximum Gasteiger partial charge on any atom is 0.317 e. The predicted octanol–water partition coefficient (Wildman–Crippen LogP) is 2.67. The third kappa shape index (κ3) is 6.02. The van der Waals surface area contributed by atoms with Gasteiger partial charge in [-0.05, 0) is 50.6 Å². The minimum Gasteiger partial charge on any atom is -0.489 e. The number of aliphatic carboxylic acids is 1. The highest BCUT2D eigenvalue weighted by Crippen LogP contribution is 2.20. The molecule has 1 amide bonds. The van der Waals surface area contributed by atoms with Crippen LogP contribution >= 0.6 is 0 Å². The molecule has 1 aromatic heterocycles. The molecule has 1 aliphatic rings. The first-order chi connectivity index (χ1) is 14.0. The number of likely N-dealkylation sites (tertiary alicyclic amines) is 1. The summed E-state index contributed by atoms with van der Waals surface area (Å²) >= 11 is 0. The van der Waals surface area contributed by atoms with Gasteiger partial charge in [0.2, 0.25) is 0 Å². The number of aromatic nitrogens is 1. The number of hydrogen-bond donors (Lipinski definition) is 1. The molecule has 3 rings (SSSR count). The Bertz CT molecular complexity index is 828. The summed E-state index contributed by atoms with van der Waals surface area (Å²) in [7, 11) is 1.83. The Morgan fingerprint density at radius 3 is 2.86 bits per heavy atom. The molecule has 154 valence electrons. The minimum atomic E-state index is -0.826. The summed E-state index contributed by atoms with van der Waals surface area (Å²) in [4.78, 5) is 31.7. The van der Waals surface area contributed by atoms with Gasteiger partial charge in [0.25, 0.3) is 5.91 Å². The highest BCUT2D eigenvalue weighted by Gasteiger charge is 2.24. The average Bonchev–Trinajstić information content (AvgIpc) is 2.99. The quantitative estimate of drug-likeness (QED) is 0.773. The van der Waals surface area contributed by atoms with Crippen LogP contribution in [-0.4, -0.2) is 64.5 Å². The Labute approximate surface area is 170 Å². The number of hydrogen-bond acceptors (Lipinski definition) is 5. The van der Waals surface area contributed by atoms with Gasteiger partial charge in [0.05, 0.1) is 6.54 Å². The molecule has 2 aromatic rings. The van der Waals surface area contributed by atoms with Gasteiger partial charge in [-0.15, -0.1) is 0 Å². The molecule has 1 saturated heterocycles. The smallest absolute Gasteiger partial charge is 0.317 e. The number of rotatable bonds is 7. The molecule has 1 unspecified atom stereocenters. The third-order valence-electron chi connectivity index (χ3n) is 5.20. The van der Waals surface area contributed by atoms with Crippen LogP contribution < -0.4 is 4.74 Å². The van der Waals surface area contributed by atoms with Crippen molar-refractivity contribution in [2.24, 2.45) is 0 Å². The van der Waals surface area contributed by atoms with Crippen LogP contribution in [0.3, 0.4) is 0 Å². The van der Waals surface area contributed by atoms with Crippen LogP contribution in [0.15, 0.2) is 48.8 Å². The van der Waals surface area contributed by atoms with Crippen molar-refractivity contribution in [1.82, 2.24) is 14.8 Å². The lowest BCUT2D eigenvalue weighted by Crippen LogP contribution is -2.37. The standard InChI is InChI=1S/C22H27N3O4/c1-24(15-21(26)27)19-7-4-11-25(12-9-19)22(28)18-6-2-8-20(13-18)29-16-17-5-3-10-23-14-17/h2-3,5-6,8,10,13-14,19H,4,7,9,11-12,15-16H2,1H3,(H,26,27). The molecule has 0 radical (unpaired) electrons. The maximum atomic E-state index is 13.0. The molecule has 1 N–H and O–H groups in total. The highest BCUT2D eigenvalue weighted by molar-refractivity contribution is 5.94. The van der Waals surface area contributed by atoms with E-state index in [1.165, 1.54) is 0 Å². The molecule has 1 fully saturated rings. The number of pyridine rings is 1. The van der Waals surface area contributed by atoms with Gasteiger partial charge in [0.15, 0.2) is 0 Å². The van der Waals surface area contributed by atoms with Gasteiger partial charge in [0.1, 0.15) is 12.4 Å². The van der Waals surface area contributed by atoms with Gasteiger partial charge in [-0.1, -0.05) is 12.1 Å². The molecule has 2 heterocycles. The Balaban J connectivity index is 1.59. The number of carboxylic acid groups (broad SMARTS) is 1. The van der Waals surface area contributed by atoms with Crippen LogP contribution in [0.2, 0.25) is 0 Å². The number of carboxylic acids is 1. The summed E-state index contributed by atoms with van der Waals surface area (Å²) in [6, 6.07) is 11.2. The Morgan fingerprint density at radius 1 is 1.24 bits per heavy atom. The number of likely N-dealkylation sites (N-methyl/N-ethyl adjacent to an activating group) is 1. The van der Waals surface area contributed by atoms with Gasteiger partial charge < -0.3 is 14.7 Å². The Morgan fingerprint density at radius 2 is 2.10 bits per heavy atom. The first-order valence-corrected chi connectivity index (χ1v) is 9.86. The summed E-state index contributed by atoms with van der Waals surface area (Å²) in [6.07, 6.45) is 5.99. The summed E-state index contributed by atoms with van der Waals surface area (Å²) in [6.45, 7) is 1.72. The lowest BCUT2D eigenvalue weighted by Gasteiger charge is -2.25. The van der Waals surface area contributed by atoms with E-state index in [0.717, 1.165) is 24.8 Å². The molecule has 0 aliphatic carbocycles. The monoisotopic (exact) mass is 397 g/mol. The minimum absolute atomic E-state index is 0.0154. The van der Waals surface area contributed by atoms with Gasteiger partial charge in [-0.2, -0.15) is 0 Å².